The van der Waals surface area contributed by atoms with E-state index in [1.807, 2.05) is 12.1 Å². The summed E-state index contributed by atoms with van der Waals surface area (Å²) >= 11 is 1.48. The number of rotatable bonds is 7. The Morgan fingerprint density at radius 1 is 1.23 bits per heavy atom. The van der Waals surface area contributed by atoms with E-state index >= 15 is 0 Å². The van der Waals surface area contributed by atoms with E-state index in [1.165, 1.54) is 17.4 Å². The van der Waals surface area contributed by atoms with Crippen molar-refractivity contribution in [3.63, 3.8) is 0 Å². The summed E-state index contributed by atoms with van der Waals surface area (Å²) in [5.41, 5.74) is 1.40. The molecule has 0 spiro atoms. The molecular formula is C21H23N5O4S. The molecule has 1 aliphatic rings. The van der Waals surface area contributed by atoms with Gasteiger partial charge >= 0.3 is 0 Å². The summed E-state index contributed by atoms with van der Waals surface area (Å²) in [5.74, 6) is 0.425. The highest BCUT2D eigenvalue weighted by Gasteiger charge is 2.21. The van der Waals surface area contributed by atoms with E-state index in [1.54, 1.807) is 31.4 Å². The molecule has 31 heavy (non-hydrogen) atoms. The number of anilines is 1. The maximum atomic E-state index is 12.4. The number of amides is 1. The van der Waals surface area contributed by atoms with Crippen molar-refractivity contribution >= 4 is 38.3 Å². The number of non-ortho nitro benzene ring substituents is 1. The number of hydrogen-bond acceptors (Lipinski definition) is 8. The SMILES string of the molecule is COc1ccccc1C(=O)NCCN1CCN(c2nc3ccc([N+](=O)[O-])cc3s2)CC1. The van der Waals surface area contributed by atoms with Crippen LogP contribution < -0.4 is 15.0 Å². The number of fused-ring (bicyclic) bond motifs is 1. The van der Waals surface area contributed by atoms with Crippen molar-refractivity contribution in [2.45, 2.75) is 0 Å². The smallest absolute Gasteiger partial charge is 0.270 e. The van der Waals surface area contributed by atoms with E-state index in [0.29, 0.717) is 17.9 Å². The number of aromatic nitrogens is 1. The van der Waals surface area contributed by atoms with Gasteiger partial charge in [-0.3, -0.25) is 19.8 Å². The summed E-state index contributed by atoms with van der Waals surface area (Å²) in [6.45, 7) is 4.69. The molecule has 4 rings (SSSR count). The number of piperazine rings is 1. The Kier molecular flexibility index (Phi) is 6.28. The number of carbonyl (C=O) groups excluding carboxylic acids is 1. The fourth-order valence-electron chi connectivity index (χ4n) is 3.57. The van der Waals surface area contributed by atoms with E-state index in [-0.39, 0.29) is 16.5 Å². The molecule has 1 fully saturated rings. The molecule has 9 nitrogen and oxygen atoms in total. The lowest BCUT2D eigenvalue weighted by molar-refractivity contribution is -0.384. The van der Waals surface area contributed by atoms with Crippen molar-refractivity contribution in [2.24, 2.45) is 0 Å². The number of benzene rings is 2. The van der Waals surface area contributed by atoms with Gasteiger partial charge in [-0.2, -0.15) is 0 Å². The van der Waals surface area contributed by atoms with E-state index in [2.05, 4.69) is 20.1 Å². The van der Waals surface area contributed by atoms with Gasteiger partial charge in [-0.1, -0.05) is 23.5 Å². The summed E-state index contributed by atoms with van der Waals surface area (Å²) in [7, 11) is 1.55. The second-order valence-corrected chi connectivity index (χ2v) is 8.20. The Labute approximate surface area is 183 Å². The highest BCUT2D eigenvalue weighted by atomic mass is 32.1. The number of thiazole rings is 1. The van der Waals surface area contributed by atoms with Gasteiger partial charge in [0.1, 0.15) is 5.75 Å². The van der Waals surface area contributed by atoms with Crippen LogP contribution in [0.15, 0.2) is 42.5 Å². The average Bonchev–Trinajstić information content (AvgIpc) is 3.22. The highest BCUT2D eigenvalue weighted by Crippen LogP contribution is 2.31. The zero-order chi connectivity index (χ0) is 21.8. The van der Waals surface area contributed by atoms with Crippen LogP contribution in [0.25, 0.3) is 10.2 Å². The number of nitrogens with zero attached hydrogens (tertiary/aromatic N) is 4. The van der Waals surface area contributed by atoms with Gasteiger partial charge in [0.05, 0.1) is 27.8 Å². The van der Waals surface area contributed by atoms with Crippen molar-refractivity contribution in [2.75, 3.05) is 51.3 Å². The summed E-state index contributed by atoms with van der Waals surface area (Å²) in [5, 5.41) is 14.8. The minimum absolute atomic E-state index is 0.0858. The molecule has 0 saturated carbocycles. The minimum Gasteiger partial charge on any atom is -0.496 e. The van der Waals surface area contributed by atoms with Crippen LogP contribution in [0.3, 0.4) is 0 Å². The molecule has 0 atom stereocenters. The molecule has 162 valence electrons. The molecule has 10 heteroatoms. The molecule has 0 bridgehead atoms. The molecule has 2 aromatic carbocycles. The predicted octanol–water partition coefficient (Wildman–Crippen LogP) is 2.77. The Morgan fingerprint density at radius 2 is 2.00 bits per heavy atom. The first kappa shape index (κ1) is 21.0. The third-order valence-electron chi connectivity index (χ3n) is 5.28. The molecule has 0 aliphatic carbocycles. The number of hydrogen-bond donors (Lipinski definition) is 1. The van der Waals surface area contributed by atoms with Gasteiger partial charge in [0.2, 0.25) is 0 Å². The van der Waals surface area contributed by atoms with E-state index in [0.717, 1.165) is 48.1 Å². The number of nitrogens with one attached hydrogen (secondary N) is 1. The van der Waals surface area contributed by atoms with Crippen LogP contribution in [-0.2, 0) is 0 Å². The monoisotopic (exact) mass is 441 g/mol. The summed E-state index contributed by atoms with van der Waals surface area (Å²) < 4.78 is 6.07. The number of para-hydroxylation sites is 1. The van der Waals surface area contributed by atoms with Gasteiger partial charge in [0.15, 0.2) is 5.13 Å². The van der Waals surface area contributed by atoms with Crippen LogP contribution in [0.5, 0.6) is 5.75 Å². The summed E-state index contributed by atoms with van der Waals surface area (Å²) in [6, 6.07) is 11.9. The lowest BCUT2D eigenvalue weighted by Gasteiger charge is -2.34. The standard InChI is InChI=1S/C21H23N5O4S/c1-30-18-5-3-2-4-16(18)20(27)22-8-9-24-10-12-25(13-11-24)21-23-17-7-6-15(26(28)29)14-19(17)31-21/h2-7,14H,8-13H2,1H3,(H,22,27). The fraction of sp³-hybridized carbons (Fsp3) is 0.333. The largest absolute Gasteiger partial charge is 0.496 e. The number of nitro groups is 1. The van der Waals surface area contributed by atoms with Crippen LogP contribution in [0, 0.1) is 10.1 Å². The van der Waals surface area contributed by atoms with E-state index in [4.69, 9.17) is 4.74 Å². The molecule has 1 aromatic heterocycles. The van der Waals surface area contributed by atoms with Crippen molar-refractivity contribution in [3.8, 4) is 5.75 Å². The average molecular weight is 442 g/mol. The van der Waals surface area contributed by atoms with Crippen molar-refractivity contribution in [3.05, 3.63) is 58.1 Å². The Morgan fingerprint density at radius 3 is 2.74 bits per heavy atom. The van der Waals surface area contributed by atoms with Gasteiger partial charge < -0.3 is 15.0 Å². The van der Waals surface area contributed by atoms with Crippen LogP contribution in [0.1, 0.15) is 10.4 Å². The first-order valence-corrected chi connectivity index (χ1v) is 10.8. The number of ether oxygens (including phenoxy) is 1. The van der Waals surface area contributed by atoms with Crippen molar-refractivity contribution in [1.82, 2.24) is 15.2 Å². The maximum Gasteiger partial charge on any atom is 0.270 e. The predicted molar refractivity (Wildman–Crippen MR) is 120 cm³/mol. The van der Waals surface area contributed by atoms with Gasteiger partial charge in [-0.15, -0.1) is 0 Å². The van der Waals surface area contributed by atoms with Crippen LogP contribution in [-0.4, -0.2) is 67.1 Å². The van der Waals surface area contributed by atoms with Gasteiger partial charge in [-0.05, 0) is 18.2 Å². The molecule has 1 aliphatic heterocycles. The van der Waals surface area contributed by atoms with Crippen LogP contribution >= 0.6 is 11.3 Å². The van der Waals surface area contributed by atoms with E-state index in [9.17, 15) is 14.9 Å². The molecule has 0 radical (unpaired) electrons. The molecule has 3 aromatic rings. The molecule has 1 saturated heterocycles. The minimum atomic E-state index is -0.385. The van der Waals surface area contributed by atoms with Gasteiger partial charge in [-0.25, -0.2) is 4.98 Å². The second-order valence-electron chi connectivity index (χ2n) is 7.19. The molecule has 2 heterocycles. The molecule has 1 amide bonds. The van der Waals surface area contributed by atoms with Crippen LogP contribution in [0.2, 0.25) is 0 Å². The zero-order valence-electron chi connectivity index (χ0n) is 17.1. The number of methoxy groups -OCH3 is 1. The van der Waals surface area contributed by atoms with Crippen molar-refractivity contribution in [1.29, 1.82) is 0 Å². The lowest BCUT2D eigenvalue weighted by Crippen LogP contribution is -2.48. The molecular weight excluding hydrogens is 418 g/mol. The third-order valence-corrected chi connectivity index (χ3v) is 6.36. The summed E-state index contributed by atoms with van der Waals surface area (Å²) in [6.07, 6.45) is 0. The van der Waals surface area contributed by atoms with Crippen LogP contribution in [0.4, 0.5) is 10.8 Å². The zero-order valence-corrected chi connectivity index (χ0v) is 17.9. The normalized spacial score (nSPS) is 14.5. The first-order valence-electron chi connectivity index (χ1n) is 9.98. The first-order chi connectivity index (χ1) is 15.0. The quantitative estimate of drug-likeness (QED) is 0.444. The number of nitro benzene ring substituents is 1. The molecule has 0 unspecified atom stereocenters. The summed E-state index contributed by atoms with van der Waals surface area (Å²) in [4.78, 5) is 32.1. The second kappa shape index (κ2) is 9.27. The maximum absolute atomic E-state index is 12.4. The topological polar surface area (TPSA) is 101 Å². The Hall–Kier alpha value is -3.24. The number of carbonyl (C=O) groups is 1. The van der Waals surface area contributed by atoms with Gasteiger partial charge in [0.25, 0.3) is 11.6 Å². The lowest BCUT2D eigenvalue weighted by atomic mass is 10.2. The highest BCUT2D eigenvalue weighted by molar-refractivity contribution is 7.22. The van der Waals surface area contributed by atoms with Crippen molar-refractivity contribution < 1.29 is 14.5 Å². The Balaban J connectivity index is 1.27. The fourth-order valence-corrected chi connectivity index (χ4v) is 4.62. The van der Waals surface area contributed by atoms with Gasteiger partial charge in [0, 0.05) is 51.4 Å². The molecule has 1 N–H and O–H groups in total. The third kappa shape index (κ3) is 4.75. The Bertz CT molecular complexity index is 1090. The van der Waals surface area contributed by atoms with E-state index < -0.39 is 0 Å².